The molecule has 0 aromatic carbocycles. The number of rotatable bonds is 3. The largest absolute Gasteiger partial charge is 0.478 e. The highest BCUT2D eigenvalue weighted by Gasteiger charge is 2.53. The molecule has 116 valence electrons. The van der Waals surface area contributed by atoms with Crippen molar-refractivity contribution in [3.8, 4) is 0 Å². The van der Waals surface area contributed by atoms with Crippen LogP contribution >= 0.6 is 0 Å². The van der Waals surface area contributed by atoms with Gasteiger partial charge in [-0.15, -0.1) is 0 Å². The molecule has 0 radical (unpaired) electrons. The van der Waals surface area contributed by atoms with Crippen molar-refractivity contribution < 1.29 is 19.4 Å². The average molecular weight is 292 g/mol. The van der Waals surface area contributed by atoms with Crippen LogP contribution in [0.3, 0.4) is 0 Å². The summed E-state index contributed by atoms with van der Waals surface area (Å²) in [6.45, 7) is 8.38. The van der Waals surface area contributed by atoms with E-state index in [-0.39, 0.29) is 11.6 Å². The van der Waals surface area contributed by atoms with Crippen LogP contribution in [-0.2, 0) is 14.3 Å². The monoisotopic (exact) mass is 292 g/mol. The SMILES string of the molecule is C=C(C)C(=O)OC12CC3CC(CC(C3)C1)C2.C=CC(=O)O. The number of hydrogen-bond acceptors (Lipinski definition) is 3. The maximum Gasteiger partial charge on any atom is 0.333 e. The van der Waals surface area contributed by atoms with Gasteiger partial charge >= 0.3 is 11.9 Å². The Balaban J connectivity index is 0.000000282. The summed E-state index contributed by atoms with van der Waals surface area (Å²) in [5.74, 6) is 1.31. The van der Waals surface area contributed by atoms with E-state index in [1.54, 1.807) is 6.92 Å². The summed E-state index contributed by atoms with van der Waals surface area (Å²) in [6.07, 6.45) is 8.30. The second kappa shape index (κ2) is 6.04. The van der Waals surface area contributed by atoms with Gasteiger partial charge in [-0.1, -0.05) is 13.2 Å². The number of carboxylic acid groups (broad SMARTS) is 1. The Bertz CT molecular complexity index is 428. The number of carboxylic acids is 1. The Morgan fingerprint density at radius 2 is 1.52 bits per heavy atom. The normalized spacial score (nSPS) is 35.4. The van der Waals surface area contributed by atoms with Crippen molar-refractivity contribution in [1.29, 1.82) is 0 Å². The highest BCUT2D eigenvalue weighted by atomic mass is 16.6. The first-order valence-electron chi connectivity index (χ1n) is 7.58. The fourth-order valence-corrected chi connectivity index (χ4v) is 4.44. The molecule has 0 saturated heterocycles. The maximum atomic E-state index is 11.7. The van der Waals surface area contributed by atoms with Gasteiger partial charge in [0, 0.05) is 11.6 Å². The standard InChI is InChI=1S/C14H20O2.C3H4O2/c1-9(2)13(15)16-14-6-10-3-11(7-14)5-12(4-10)8-14;1-2-3(4)5/h10-12H,1,3-8H2,2H3;2H,1H2,(H,4,5). The molecule has 0 aliphatic heterocycles. The number of carbonyl (C=O) groups excluding carboxylic acids is 1. The van der Waals surface area contributed by atoms with E-state index in [2.05, 4.69) is 13.2 Å². The van der Waals surface area contributed by atoms with Gasteiger partial charge in [0.2, 0.25) is 0 Å². The second-order valence-electron chi connectivity index (χ2n) is 6.81. The molecule has 0 heterocycles. The molecule has 1 N–H and O–H groups in total. The van der Waals surface area contributed by atoms with Gasteiger partial charge in [0.25, 0.3) is 0 Å². The molecule has 4 nitrogen and oxygen atoms in total. The molecule has 0 atom stereocenters. The first-order chi connectivity index (χ1) is 9.83. The van der Waals surface area contributed by atoms with Crippen LogP contribution in [-0.4, -0.2) is 22.6 Å². The summed E-state index contributed by atoms with van der Waals surface area (Å²) in [4.78, 5) is 21.0. The Morgan fingerprint density at radius 1 is 1.14 bits per heavy atom. The van der Waals surface area contributed by atoms with Crippen molar-refractivity contribution in [2.45, 2.75) is 51.0 Å². The second-order valence-corrected chi connectivity index (χ2v) is 6.81. The lowest BCUT2D eigenvalue weighted by Gasteiger charge is -2.55. The van der Waals surface area contributed by atoms with E-state index in [1.807, 2.05) is 0 Å². The molecule has 4 saturated carbocycles. The van der Waals surface area contributed by atoms with Crippen LogP contribution in [0.15, 0.2) is 24.8 Å². The highest BCUT2D eigenvalue weighted by molar-refractivity contribution is 5.87. The lowest BCUT2D eigenvalue weighted by molar-refractivity contribution is -0.182. The van der Waals surface area contributed by atoms with Crippen LogP contribution in [0.2, 0.25) is 0 Å². The van der Waals surface area contributed by atoms with Crippen molar-refractivity contribution in [3.05, 3.63) is 24.8 Å². The fraction of sp³-hybridized carbons (Fsp3) is 0.647. The number of esters is 1. The molecule has 0 amide bonds. The topological polar surface area (TPSA) is 63.6 Å². The molecule has 21 heavy (non-hydrogen) atoms. The fourth-order valence-electron chi connectivity index (χ4n) is 4.44. The number of aliphatic carboxylic acids is 1. The van der Waals surface area contributed by atoms with Gasteiger partial charge in [0.15, 0.2) is 0 Å². The molecule has 4 bridgehead atoms. The van der Waals surface area contributed by atoms with Crippen molar-refractivity contribution in [1.82, 2.24) is 0 Å². The summed E-state index contributed by atoms with van der Waals surface area (Å²) in [5.41, 5.74) is 0.431. The minimum atomic E-state index is -0.981. The van der Waals surface area contributed by atoms with Crippen LogP contribution in [0.4, 0.5) is 0 Å². The first-order valence-corrected chi connectivity index (χ1v) is 7.58. The van der Waals surface area contributed by atoms with Crippen molar-refractivity contribution in [2.75, 3.05) is 0 Å². The third kappa shape index (κ3) is 3.74. The molecule has 0 unspecified atom stereocenters. The van der Waals surface area contributed by atoms with E-state index in [0.717, 1.165) is 43.1 Å². The molecule has 4 fully saturated rings. The zero-order valence-corrected chi connectivity index (χ0v) is 12.6. The molecule has 4 rings (SSSR count). The van der Waals surface area contributed by atoms with E-state index in [9.17, 15) is 9.59 Å². The first kappa shape index (κ1) is 15.8. The third-order valence-electron chi connectivity index (χ3n) is 4.81. The summed E-state index contributed by atoms with van der Waals surface area (Å²) in [6, 6.07) is 0. The van der Waals surface area contributed by atoms with E-state index in [1.165, 1.54) is 19.3 Å². The zero-order chi connectivity index (χ0) is 15.6. The van der Waals surface area contributed by atoms with Gasteiger partial charge in [-0.25, -0.2) is 9.59 Å². The van der Waals surface area contributed by atoms with Gasteiger partial charge in [-0.2, -0.15) is 0 Å². The lowest BCUT2D eigenvalue weighted by Crippen LogP contribution is -2.52. The maximum absolute atomic E-state index is 11.7. The Hall–Kier alpha value is -1.58. The Labute approximate surface area is 125 Å². The quantitative estimate of drug-likeness (QED) is 0.640. The van der Waals surface area contributed by atoms with Gasteiger partial charge < -0.3 is 9.84 Å². The lowest BCUT2D eigenvalue weighted by atomic mass is 9.54. The van der Waals surface area contributed by atoms with Crippen LogP contribution < -0.4 is 0 Å². The van der Waals surface area contributed by atoms with E-state index in [0.29, 0.717) is 5.57 Å². The summed E-state index contributed by atoms with van der Waals surface area (Å²) < 4.78 is 5.77. The van der Waals surface area contributed by atoms with E-state index >= 15 is 0 Å². The zero-order valence-electron chi connectivity index (χ0n) is 12.6. The highest BCUT2D eigenvalue weighted by Crippen LogP contribution is 2.57. The van der Waals surface area contributed by atoms with Crippen LogP contribution in [0.5, 0.6) is 0 Å². The minimum Gasteiger partial charge on any atom is -0.478 e. The average Bonchev–Trinajstić information content (AvgIpc) is 2.36. The van der Waals surface area contributed by atoms with Gasteiger partial charge in [-0.3, -0.25) is 0 Å². The van der Waals surface area contributed by atoms with E-state index in [4.69, 9.17) is 9.84 Å². The molecule has 4 aliphatic carbocycles. The van der Waals surface area contributed by atoms with Gasteiger partial charge in [-0.05, 0) is 63.2 Å². The van der Waals surface area contributed by atoms with E-state index < -0.39 is 5.97 Å². The number of ether oxygens (including phenoxy) is 1. The van der Waals surface area contributed by atoms with Crippen LogP contribution in [0.1, 0.15) is 45.4 Å². The molecular weight excluding hydrogens is 268 g/mol. The predicted molar refractivity (Wildman–Crippen MR) is 79.6 cm³/mol. The molecule has 4 aliphatic rings. The van der Waals surface area contributed by atoms with Crippen molar-refractivity contribution >= 4 is 11.9 Å². The minimum absolute atomic E-state index is 0.106. The number of hydrogen-bond donors (Lipinski definition) is 1. The smallest absolute Gasteiger partial charge is 0.333 e. The summed E-state index contributed by atoms with van der Waals surface area (Å²) in [7, 11) is 0. The molecule has 0 aromatic heterocycles. The van der Waals surface area contributed by atoms with Gasteiger partial charge in [0.05, 0.1) is 0 Å². The predicted octanol–water partition coefficient (Wildman–Crippen LogP) is 3.33. The molecular formula is C17H24O4. The van der Waals surface area contributed by atoms with Crippen LogP contribution in [0, 0.1) is 17.8 Å². The van der Waals surface area contributed by atoms with Gasteiger partial charge in [0.1, 0.15) is 5.60 Å². The van der Waals surface area contributed by atoms with Crippen LogP contribution in [0.25, 0.3) is 0 Å². The Morgan fingerprint density at radius 3 is 1.81 bits per heavy atom. The molecule has 0 spiro atoms. The summed E-state index contributed by atoms with van der Waals surface area (Å²) >= 11 is 0. The molecule has 4 heteroatoms. The third-order valence-corrected chi connectivity index (χ3v) is 4.81. The summed E-state index contributed by atoms with van der Waals surface area (Å²) in [5, 5.41) is 7.60. The molecule has 0 aromatic rings. The van der Waals surface area contributed by atoms with Crippen molar-refractivity contribution in [3.63, 3.8) is 0 Å². The van der Waals surface area contributed by atoms with Crippen molar-refractivity contribution in [2.24, 2.45) is 17.8 Å². The Kier molecular flexibility index (Phi) is 4.55. The number of carbonyl (C=O) groups is 2.